The number of thiocarbonyl (C=S) groups is 1. The maximum atomic E-state index is 11.7. The zero-order valence-corrected chi connectivity index (χ0v) is 12.2. The number of nitrogens with one attached hydrogen (secondary N) is 1. The van der Waals surface area contributed by atoms with Crippen molar-refractivity contribution in [1.82, 2.24) is 10.3 Å². The molecule has 104 valence electrons. The Morgan fingerprint density at radius 1 is 1.45 bits per heavy atom. The minimum Gasteiger partial charge on any atom is -0.483 e. The second-order valence-corrected chi connectivity index (χ2v) is 5.06. The summed E-state index contributed by atoms with van der Waals surface area (Å²) in [7, 11) is 0. The number of carbonyl (C=O) groups is 1. The number of para-hydroxylation sites is 1. The molecule has 2 aromatic rings. The standard InChI is InChI=1S/C13H13N3O2S2/c14-13(19)10-3-1-2-4-11(10)18-6-12(17)15-5-9-7-20-8-16-9/h1-4,7-8H,5-6H2,(H2,14,19)(H,15,17). The Labute approximate surface area is 125 Å². The maximum Gasteiger partial charge on any atom is 0.258 e. The van der Waals surface area contributed by atoms with Crippen LogP contribution in [0.4, 0.5) is 0 Å². The Hall–Kier alpha value is -1.99. The maximum absolute atomic E-state index is 11.7. The van der Waals surface area contributed by atoms with Crippen molar-refractivity contribution in [2.45, 2.75) is 6.54 Å². The molecule has 0 aliphatic rings. The largest absolute Gasteiger partial charge is 0.483 e. The Kier molecular flexibility index (Phi) is 5.03. The molecule has 0 aliphatic heterocycles. The summed E-state index contributed by atoms with van der Waals surface area (Å²) in [6.07, 6.45) is 0. The lowest BCUT2D eigenvalue weighted by molar-refractivity contribution is -0.123. The highest BCUT2D eigenvalue weighted by Crippen LogP contribution is 2.17. The monoisotopic (exact) mass is 307 g/mol. The van der Waals surface area contributed by atoms with Crippen LogP contribution in [0.25, 0.3) is 0 Å². The van der Waals surface area contributed by atoms with Crippen LogP contribution in [-0.2, 0) is 11.3 Å². The van der Waals surface area contributed by atoms with Crippen LogP contribution in [0, 0.1) is 0 Å². The first-order valence-electron chi connectivity index (χ1n) is 5.82. The first kappa shape index (κ1) is 14.4. The molecular weight excluding hydrogens is 294 g/mol. The molecule has 0 fully saturated rings. The van der Waals surface area contributed by atoms with Crippen LogP contribution in [0.3, 0.4) is 0 Å². The third-order valence-electron chi connectivity index (χ3n) is 2.46. The number of carbonyl (C=O) groups excluding carboxylic acids is 1. The second kappa shape index (κ2) is 6.97. The molecule has 0 atom stereocenters. The van der Waals surface area contributed by atoms with Crippen LogP contribution in [0.1, 0.15) is 11.3 Å². The summed E-state index contributed by atoms with van der Waals surface area (Å²) in [5.74, 6) is 0.277. The molecule has 1 amide bonds. The summed E-state index contributed by atoms with van der Waals surface area (Å²) in [5, 5.41) is 4.60. The van der Waals surface area contributed by atoms with Gasteiger partial charge >= 0.3 is 0 Å². The number of amides is 1. The zero-order valence-electron chi connectivity index (χ0n) is 10.5. The van der Waals surface area contributed by atoms with Gasteiger partial charge in [0.05, 0.1) is 23.3 Å². The SMILES string of the molecule is NC(=S)c1ccccc1OCC(=O)NCc1cscn1. The lowest BCUT2D eigenvalue weighted by atomic mass is 10.2. The van der Waals surface area contributed by atoms with Crippen LogP contribution >= 0.6 is 23.6 Å². The first-order valence-corrected chi connectivity index (χ1v) is 7.17. The van der Waals surface area contributed by atoms with E-state index >= 15 is 0 Å². The topological polar surface area (TPSA) is 77.2 Å². The molecule has 1 aromatic heterocycles. The lowest BCUT2D eigenvalue weighted by Crippen LogP contribution is -2.28. The van der Waals surface area contributed by atoms with Gasteiger partial charge in [-0.1, -0.05) is 24.4 Å². The van der Waals surface area contributed by atoms with Gasteiger partial charge in [-0.3, -0.25) is 4.79 Å². The van der Waals surface area contributed by atoms with E-state index in [1.54, 1.807) is 23.7 Å². The minimum atomic E-state index is -0.226. The van der Waals surface area contributed by atoms with Gasteiger partial charge in [-0.25, -0.2) is 4.98 Å². The highest BCUT2D eigenvalue weighted by Gasteiger charge is 2.08. The van der Waals surface area contributed by atoms with Crippen molar-refractivity contribution in [3.63, 3.8) is 0 Å². The number of nitrogens with two attached hydrogens (primary N) is 1. The van der Waals surface area contributed by atoms with Gasteiger partial charge in [0.15, 0.2) is 6.61 Å². The number of benzene rings is 1. The fourth-order valence-electron chi connectivity index (χ4n) is 1.50. The highest BCUT2D eigenvalue weighted by atomic mass is 32.1. The van der Waals surface area contributed by atoms with Crippen molar-refractivity contribution >= 4 is 34.5 Å². The average molecular weight is 307 g/mol. The molecule has 0 bridgehead atoms. The molecule has 0 aliphatic carbocycles. The first-order chi connectivity index (χ1) is 9.66. The third-order valence-corrected chi connectivity index (χ3v) is 3.32. The van der Waals surface area contributed by atoms with E-state index in [-0.39, 0.29) is 17.5 Å². The number of thiazole rings is 1. The van der Waals surface area contributed by atoms with Gasteiger partial charge in [0.2, 0.25) is 0 Å². The Morgan fingerprint density at radius 2 is 2.25 bits per heavy atom. The smallest absolute Gasteiger partial charge is 0.258 e. The van der Waals surface area contributed by atoms with E-state index in [9.17, 15) is 4.79 Å². The average Bonchev–Trinajstić information content (AvgIpc) is 2.96. The van der Waals surface area contributed by atoms with Gasteiger partial charge < -0.3 is 15.8 Å². The molecule has 2 rings (SSSR count). The lowest BCUT2D eigenvalue weighted by Gasteiger charge is -2.10. The molecule has 1 aromatic carbocycles. The van der Waals surface area contributed by atoms with Crippen LogP contribution in [0.2, 0.25) is 0 Å². The fraction of sp³-hybridized carbons (Fsp3) is 0.154. The fourth-order valence-corrected chi connectivity index (χ4v) is 2.23. The van der Waals surface area contributed by atoms with E-state index in [1.165, 1.54) is 11.3 Å². The van der Waals surface area contributed by atoms with Crippen molar-refractivity contribution in [2.75, 3.05) is 6.61 Å². The van der Waals surface area contributed by atoms with Crippen LogP contribution in [-0.4, -0.2) is 22.5 Å². The number of hydrogen-bond donors (Lipinski definition) is 2. The van der Waals surface area contributed by atoms with Crippen LogP contribution in [0.5, 0.6) is 5.75 Å². The number of nitrogens with zero attached hydrogens (tertiary/aromatic N) is 1. The molecule has 0 saturated carbocycles. The van der Waals surface area contributed by atoms with E-state index in [0.29, 0.717) is 17.9 Å². The van der Waals surface area contributed by atoms with Gasteiger partial charge in [-0.15, -0.1) is 11.3 Å². The number of rotatable bonds is 6. The van der Waals surface area contributed by atoms with E-state index in [0.717, 1.165) is 5.69 Å². The van der Waals surface area contributed by atoms with Crippen LogP contribution in [0.15, 0.2) is 35.2 Å². The number of aromatic nitrogens is 1. The van der Waals surface area contributed by atoms with Gasteiger partial charge in [0.25, 0.3) is 5.91 Å². The van der Waals surface area contributed by atoms with Crippen molar-refractivity contribution in [3.05, 3.63) is 46.4 Å². The van der Waals surface area contributed by atoms with Gasteiger partial charge in [-0.2, -0.15) is 0 Å². The minimum absolute atomic E-state index is 0.0935. The van der Waals surface area contributed by atoms with Crippen molar-refractivity contribution in [3.8, 4) is 5.75 Å². The quantitative estimate of drug-likeness (QED) is 0.790. The van der Waals surface area contributed by atoms with E-state index < -0.39 is 0 Å². The highest BCUT2D eigenvalue weighted by molar-refractivity contribution is 7.80. The van der Waals surface area contributed by atoms with Gasteiger partial charge in [-0.05, 0) is 12.1 Å². The Bertz CT molecular complexity index is 599. The third kappa shape index (κ3) is 4.01. The molecular formula is C13H13N3O2S2. The van der Waals surface area contributed by atoms with Gasteiger partial charge in [0.1, 0.15) is 10.7 Å². The van der Waals surface area contributed by atoms with Crippen molar-refractivity contribution < 1.29 is 9.53 Å². The van der Waals surface area contributed by atoms with E-state index in [1.807, 2.05) is 11.4 Å². The predicted molar refractivity (Wildman–Crippen MR) is 81.8 cm³/mol. The van der Waals surface area contributed by atoms with E-state index in [2.05, 4.69) is 10.3 Å². The molecule has 0 radical (unpaired) electrons. The van der Waals surface area contributed by atoms with Crippen molar-refractivity contribution in [2.24, 2.45) is 5.73 Å². The molecule has 5 nitrogen and oxygen atoms in total. The molecule has 20 heavy (non-hydrogen) atoms. The Morgan fingerprint density at radius 3 is 2.95 bits per heavy atom. The zero-order chi connectivity index (χ0) is 14.4. The summed E-state index contributed by atoms with van der Waals surface area (Å²) >= 11 is 6.41. The summed E-state index contributed by atoms with van der Waals surface area (Å²) in [4.78, 5) is 16.0. The Balaban J connectivity index is 1.85. The molecule has 1 heterocycles. The molecule has 0 unspecified atom stereocenters. The van der Waals surface area contributed by atoms with Crippen molar-refractivity contribution in [1.29, 1.82) is 0 Å². The summed E-state index contributed by atoms with van der Waals surface area (Å²) in [5.41, 5.74) is 8.75. The second-order valence-electron chi connectivity index (χ2n) is 3.91. The van der Waals surface area contributed by atoms with Gasteiger partial charge in [0, 0.05) is 5.38 Å². The van der Waals surface area contributed by atoms with E-state index in [4.69, 9.17) is 22.7 Å². The summed E-state index contributed by atoms with van der Waals surface area (Å²) in [6, 6.07) is 7.08. The number of hydrogen-bond acceptors (Lipinski definition) is 5. The molecule has 0 spiro atoms. The van der Waals surface area contributed by atoms with Crippen LogP contribution < -0.4 is 15.8 Å². The molecule has 7 heteroatoms. The molecule has 0 saturated heterocycles. The number of ether oxygens (including phenoxy) is 1. The summed E-state index contributed by atoms with van der Waals surface area (Å²) in [6.45, 7) is 0.298. The predicted octanol–water partition coefficient (Wildman–Crippen LogP) is 1.47. The molecule has 3 N–H and O–H groups in total. The normalized spacial score (nSPS) is 10.0. The summed E-state index contributed by atoms with van der Waals surface area (Å²) < 4.78 is 5.43.